The van der Waals surface area contributed by atoms with Crippen molar-refractivity contribution in [2.45, 2.75) is 64.5 Å². The Hall–Kier alpha value is -3.05. The molecule has 1 fully saturated rings. The summed E-state index contributed by atoms with van der Waals surface area (Å²) < 4.78 is 29.0. The molecule has 7 nitrogen and oxygen atoms in total. The predicted octanol–water partition coefficient (Wildman–Crippen LogP) is 6.27. The SMILES string of the molecule is Cc1cc(F)ccc1-c1nc(C(C)(C)C(=O)N2CCC(c3cn(Cc4ccc(F)nc4Br)nn3)CC2C)cs1. The third-order valence-corrected chi connectivity index (χ3v) is 9.00. The summed E-state index contributed by atoms with van der Waals surface area (Å²) >= 11 is 4.77. The molecular formula is C28H29BrF2N6OS. The number of benzene rings is 1. The molecule has 4 heterocycles. The van der Waals surface area contributed by atoms with Gasteiger partial charge in [0.25, 0.3) is 0 Å². The van der Waals surface area contributed by atoms with Crippen molar-refractivity contribution in [3.63, 3.8) is 0 Å². The molecule has 2 unspecified atom stereocenters. The first-order valence-electron chi connectivity index (χ1n) is 12.8. The van der Waals surface area contributed by atoms with Gasteiger partial charge in [-0.2, -0.15) is 4.39 Å². The lowest BCUT2D eigenvalue weighted by molar-refractivity contribution is -0.140. The topological polar surface area (TPSA) is 76.8 Å². The first-order chi connectivity index (χ1) is 18.5. The molecule has 0 radical (unpaired) electrons. The molecule has 1 saturated heterocycles. The van der Waals surface area contributed by atoms with Gasteiger partial charge >= 0.3 is 0 Å². The van der Waals surface area contributed by atoms with Crippen molar-refractivity contribution in [1.82, 2.24) is 29.9 Å². The molecule has 4 aromatic rings. The fourth-order valence-electron chi connectivity index (χ4n) is 5.07. The molecule has 11 heteroatoms. The molecule has 39 heavy (non-hydrogen) atoms. The van der Waals surface area contributed by atoms with E-state index in [9.17, 15) is 13.6 Å². The number of carbonyl (C=O) groups excluding carboxylic acids is 1. The summed E-state index contributed by atoms with van der Waals surface area (Å²) in [6.45, 7) is 8.80. The van der Waals surface area contributed by atoms with Gasteiger partial charge in [0.15, 0.2) is 0 Å². The quantitative estimate of drug-likeness (QED) is 0.239. The van der Waals surface area contributed by atoms with Gasteiger partial charge < -0.3 is 4.90 Å². The second-order valence-electron chi connectivity index (χ2n) is 10.6. The first kappa shape index (κ1) is 27.5. The van der Waals surface area contributed by atoms with Gasteiger partial charge in [0, 0.05) is 41.2 Å². The van der Waals surface area contributed by atoms with Crippen molar-refractivity contribution in [2.24, 2.45) is 0 Å². The highest BCUT2D eigenvalue weighted by Gasteiger charge is 2.40. The van der Waals surface area contributed by atoms with Crippen LogP contribution in [0.25, 0.3) is 10.6 Å². The lowest BCUT2D eigenvalue weighted by Crippen LogP contribution is -2.51. The van der Waals surface area contributed by atoms with Gasteiger partial charge in [-0.15, -0.1) is 16.4 Å². The van der Waals surface area contributed by atoms with E-state index in [2.05, 4.69) is 38.1 Å². The Morgan fingerprint density at radius 2 is 2.00 bits per heavy atom. The van der Waals surface area contributed by atoms with Crippen LogP contribution in [-0.2, 0) is 16.8 Å². The van der Waals surface area contributed by atoms with Crippen LogP contribution in [0.3, 0.4) is 0 Å². The number of amides is 1. The molecule has 1 aromatic carbocycles. The van der Waals surface area contributed by atoms with E-state index in [1.807, 2.05) is 37.2 Å². The number of pyridine rings is 1. The Morgan fingerprint density at radius 3 is 2.72 bits per heavy atom. The third kappa shape index (κ3) is 5.65. The molecule has 1 aliphatic heterocycles. The monoisotopic (exact) mass is 614 g/mol. The number of likely N-dealkylation sites (tertiary alicyclic amines) is 1. The van der Waals surface area contributed by atoms with Crippen LogP contribution >= 0.6 is 27.3 Å². The number of aromatic nitrogens is 5. The molecule has 1 aliphatic rings. The lowest BCUT2D eigenvalue weighted by Gasteiger charge is -2.40. The Kier molecular flexibility index (Phi) is 7.65. The number of hydrogen-bond acceptors (Lipinski definition) is 6. The van der Waals surface area contributed by atoms with Crippen molar-refractivity contribution in [1.29, 1.82) is 0 Å². The zero-order chi connectivity index (χ0) is 27.9. The lowest BCUT2D eigenvalue weighted by atomic mass is 9.84. The number of aryl methyl sites for hydroxylation is 1. The average molecular weight is 616 g/mol. The summed E-state index contributed by atoms with van der Waals surface area (Å²) in [7, 11) is 0. The van der Waals surface area contributed by atoms with Crippen LogP contribution in [0.1, 0.15) is 62.0 Å². The van der Waals surface area contributed by atoms with Crippen LogP contribution in [0.4, 0.5) is 8.78 Å². The van der Waals surface area contributed by atoms with Crippen LogP contribution in [0.2, 0.25) is 0 Å². The zero-order valence-electron chi connectivity index (χ0n) is 22.2. The molecule has 3 aromatic heterocycles. The van der Waals surface area contributed by atoms with E-state index < -0.39 is 11.4 Å². The van der Waals surface area contributed by atoms with Gasteiger partial charge in [0.2, 0.25) is 11.9 Å². The molecule has 0 bridgehead atoms. The maximum Gasteiger partial charge on any atom is 0.234 e. The second-order valence-corrected chi connectivity index (χ2v) is 12.2. The van der Waals surface area contributed by atoms with Gasteiger partial charge in [-0.3, -0.25) is 4.79 Å². The Balaban J connectivity index is 1.25. The van der Waals surface area contributed by atoms with E-state index in [0.29, 0.717) is 17.7 Å². The average Bonchev–Trinajstić information content (AvgIpc) is 3.56. The number of thiazole rings is 1. The number of hydrogen-bond donors (Lipinski definition) is 0. The van der Waals surface area contributed by atoms with Crippen molar-refractivity contribution in [3.8, 4) is 10.6 Å². The highest BCUT2D eigenvalue weighted by Crippen LogP contribution is 2.36. The number of carbonyl (C=O) groups is 1. The molecule has 0 aliphatic carbocycles. The predicted molar refractivity (Wildman–Crippen MR) is 149 cm³/mol. The molecule has 0 N–H and O–H groups in total. The largest absolute Gasteiger partial charge is 0.339 e. The van der Waals surface area contributed by atoms with E-state index in [-0.39, 0.29) is 23.7 Å². The Bertz CT molecular complexity index is 1520. The number of rotatable bonds is 6. The number of halogens is 3. The minimum Gasteiger partial charge on any atom is -0.339 e. The summed E-state index contributed by atoms with van der Waals surface area (Å²) in [6.07, 6.45) is 3.48. The van der Waals surface area contributed by atoms with E-state index in [0.717, 1.165) is 45.9 Å². The minimum atomic E-state index is -0.802. The molecule has 0 spiro atoms. The van der Waals surface area contributed by atoms with Crippen molar-refractivity contribution in [3.05, 3.63) is 80.8 Å². The molecule has 0 saturated carbocycles. The van der Waals surface area contributed by atoms with Gasteiger partial charge in [-0.05, 0) is 92.4 Å². The molecule has 1 amide bonds. The highest BCUT2D eigenvalue weighted by atomic mass is 79.9. The standard InChI is InChI=1S/C28H29BrF2N6OS/c1-16-11-20(30)6-7-21(16)26-32-23(15-39-26)28(3,4)27(38)37-10-9-18(12-17(37)2)22-14-36(35-34-22)13-19-5-8-24(31)33-25(19)29/h5-8,11,14-15,17-18H,9-10,12-13H2,1-4H3. The molecule has 204 valence electrons. The van der Waals surface area contributed by atoms with Crippen LogP contribution in [0.5, 0.6) is 0 Å². The summed E-state index contributed by atoms with van der Waals surface area (Å²) in [5.41, 5.74) is 3.30. The van der Waals surface area contributed by atoms with E-state index in [1.165, 1.54) is 29.5 Å². The summed E-state index contributed by atoms with van der Waals surface area (Å²) in [4.78, 5) is 24.3. The smallest absolute Gasteiger partial charge is 0.234 e. The second kappa shape index (κ2) is 10.8. The summed E-state index contributed by atoms with van der Waals surface area (Å²) in [5, 5.41) is 11.4. The summed E-state index contributed by atoms with van der Waals surface area (Å²) in [6, 6.07) is 7.69. The maximum absolute atomic E-state index is 13.8. The van der Waals surface area contributed by atoms with Crippen LogP contribution in [-0.4, -0.2) is 48.4 Å². The van der Waals surface area contributed by atoms with Gasteiger partial charge in [-0.25, -0.2) is 19.0 Å². The van der Waals surface area contributed by atoms with E-state index in [4.69, 9.17) is 4.98 Å². The van der Waals surface area contributed by atoms with Gasteiger partial charge in [-0.1, -0.05) is 5.21 Å². The Labute approximate surface area is 238 Å². The Morgan fingerprint density at radius 1 is 1.21 bits per heavy atom. The fraction of sp³-hybridized carbons (Fsp3) is 0.393. The summed E-state index contributed by atoms with van der Waals surface area (Å²) in [5.74, 6) is -0.593. The minimum absolute atomic E-state index is 0.0218. The van der Waals surface area contributed by atoms with E-state index >= 15 is 0 Å². The van der Waals surface area contributed by atoms with Gasteiger partial charge in [0.1, 0.15) is 15.4 Å². The van der Waals surface area contributed by atoms with Crippen LogP contribution in [0.15, 0.2) is 46.5 Å². The molecule has 2 atom stereocenters. The van der Waals surface area contributed by atoms with Crippen LogP contribution in [0, 0.1) is 18.7 Å². The normalized spacial score (nSPS) is 18.0. The van der Waals surface area contributed by atoms with Crippen molar-refractivity contribution in [2.75, 3.05) is 6.54 Å². The third-order valence-electron chi connectivity index (χ3n) is 7.43. The van der Waals surface area contributed by atoms with Gasteiger partial charge in [0.05, 0.1) is 23.3 Å². The highest BCUT2D eigenvalue weighted by molar-refractivity contribution is 9.10. The number of piperidine rings is 1. The fourth-order valence-corrected chi connectivity index (χ4v) is 6.58. The number of nitrogens with zero attached hydrogens (tertiary/aromatic N) is 6. The zero-order valence-corrected chi connectivity index (χ0v) is 24.6. The maximum atomic E-state index is 13.8. The molecular weight excluding hydrogens is 586 g/mol. The molecule has 5 rings (SSSR count). The van der Waals surface area contributed by atoms with Crippen molar-refractivity contribution >= 4 is 33.2 Å². The van der Waals surface area contributed by atoms with E-state index in [1.54, 1.807) is 16.8 Å². The van der Waals surface area contributed by atoms with Crippen LogP contribution < -0.4 is 0 Å². The van der Waals surface area contributed by atoms with Crippen molar-refractivity contribution < 1.29 is 13.6 Å². The first-order valence-corrected chi connectivity index (χ1v) is 14.4.